The largest absolute Gasteiger partial charge is 0.354 e. The molecule has 0 heterocycles. The molecule has 0 aliphatic heterocycles. The second kappa shape index (κ2) is 7.74. The molecule has 0 aromatic heterocycles. The summed E-state index contributed by atoms with van der Waals surface area (Å²) in [5, 5.41) is 2.97. The Hall–Kier alpha value is -0.610. The minimum absolute atomic E-state index is 0.116. The highest BCUT2D eigenvalue weighted by Gasteiger charge is 2.21. The van der Waals surface area contributed by atoms with Crippen molar-refractivity contribution in [2.75, 3.05) is 40.8 Å². The van der Waals surface area contributed by atoms with E-state index in [1.54, 1.807) is 0 Å². The molecular weight excluding hydrogens is 226 g/mol. The Labute approximate surface area is 112 Å². The minimum atomic E-state index is 0.116. The normalized spacial score (nSPS) is 24.6. The summed E-state index contributed by atoms with van der Waals surface area (Å²) in [6.07, 6.45) is 5.32. The molecule has 4 heteroatoms. The summed E-state index contributed by atoms with van der Waals surface area (Å²) in [7, 11) is 6.00. The van der Waals surface area contributed by atoms with Gasteiger partial charge in [0.25, 0.3) is 0 Å². The zero-order valence-corrected chi connectivity index (χ0v) is 12.4. The number of rotatable bonds is 6. The smallest absolute Gasteiger partial charge is 0.234 e. The molecule has 1 saturated carbocycles. The summed E-state index contributed by atoms with van der Waals surface area (Å²) in [4.78, 5) is 15.8. The van der Waals surface area contributed by atoms with Crippen LogP contribution in [0.4, 0.5) is 0 Å². The Morgan fingerprint density at radius 3 is 2.33 bits per heavy atom. The fraction of sp³-hybridized carbons (Fsp3) is 0.929. The second-order valence-electron chi connectivity index (χ2n) is 5.98. The predicted molar refractivity (Wildman–Crippen MR) is 75.6 cm³/mol. The summed E-state index contributed by atoms with van der Waals surface area (Å²) in [5.41, 5.74) is 0. The van der Waals surface area contributed by atoms with Crippen molar-refractivity contribution in [1.82, 2.24) is 15.1 Å². The monoisotopic (exact) mass is 255 g/mol. The van der Waals surface area contributed by atoms with E-state index in [1.807, 2.05) is 19.0 Å². The van der Waals surface area contributed by atoms with Gasteiger partial charge in [0.2, 0.25) is 5.91 Å². The molecule has 0 atom stereocenters. The molecule has 0 bridgehead atoms. The molecule has 1 aliphatic rings. The van der Waals surface area contributed by atoms with E-state index in [1.165, 1.54) is 25.7 Å². The zero-order chi connectivity index (χ0) is 13.5. The molecule has 0 unspecified atom stereocenters. The lowest BCUT2D eigenvalue weighted by Crippen LogP contribution is -2.41. The van der Waals surface area contributed by atoms with E-state index in [9.17, 15) is 4.79 Å². The van der Waals surface area contributed by atoms with E-state index in [-0.39, 0.29) is 5.91 Å². The molecule has 0 aromatic rings. The van der Waals surface area contributed by atoms with Gasteiger partial charge in [-0.3, -0.25) is 4.79 Å². The average Bonchev–Trinajstić information content (AvgIpc) is 2.28. The molecule has 106 valence electrons. The zero-order valence-electron chi connectivity index (χ0n) is 12.4. The van der Waals surface area contributed by atoms with E-state index in [0.29, 0.717) is 12.6 Å². The van der Waals surface area contributed by atoms with E-state index in [0.717, 1.165) is 19.0 Å². The first-order valence-corrected chi connectivity index (χ1v) is 7.10. The third-order valence-electron chi connectivity index (χ3n) is 3.86. The highest BCUT2D eigenvalue weighted by atomic mass is 16.2. The average molecular weight is 255 g/mol. The van der Waals surface area contributed by atoms with Crippen molar-refractivity contribution in [2.24, 2.45) is 5.92 Å². The molecular formula is C14H29N3O. The molecule has 0 saturated heterocycles. The molecule has 1 aliphatic carbocycles. The van der Waals surface area contributed by atoms with Gasteiger partial charge in [0, 0.05) is 19.1 Å². The van der Waals surface area contributed by atoms with Gasteiger partial charge in [-0.05, 0) is 52.7 Å². The van der Waals surface area contributed by atoms with Gasteiger partial charge in [-0.15, -0.1) is 0 Å². The number of nitrogens with one attached hydrogen (secondary N) is 1. The SMILES string of the molecule is CN(C)CC(=O)NCCN(C)[C@H]1CC[C@H](C)CC1. The van der Waals surface area contributed by atoms with Crippen LogP contribution < -0.4 is 5.32 Å². The van der Waals surface area contributed by atoms with Crippen LogP contribution in [-0.2, 0) is 4.79 Å². The number of hydrogen-bond donors (Lipinski definition) is 1. The van der Waals surface area contributed by atoms with Crippen LogP contribution in [0.25, 0.3) is 0 Å². The summed E-state index contributed by atoms with van der Waals surface area (Å²) < 4.78 is 0. The van der Waals surface area contributed by atoms with Crippen LogP contribution in [0.5, 0.6) is 0 Å². The van der Waals surface area contributed by atoms with Gasteiger partial charge in [-0.1, -0.05) is 6.92 Å². The second-order valence-corrected chi connectivity index (χ2v) is 5.98. The number of hydrogen-bond acceptors (Lipinski definition) is 3. The van der Waals surface area contributed by atoms with Gasteiger partial charge in [0.15, 0.2) is 0 Å². The van der Waals surface area contributed by atoms with Crippen LogP contribution in [0.1, 0.15) is 32.6 Å². The lowest BCUT2D eigenvalue weighted by atomic mass is 9.87. The minimum Gasteiger partial charge on any atom is -0.354 e. The Bertz CT molecular complexity index is 247. The Balaban J connectivity index is 2.13. The summed E-state index contributed by atoms with van der Waals surface area (Å²) >= 11 is 0. The maximum Gasteiger partial charge on any atom is 0.234 e. The third kappa shape index (κ3) is 5.83. The van der Waals surface area contributed by atoms with Crippen molar-refractivity contribution in [1.29, 1.82) is 0 Å². The first kappa shape index (κ1) is 15.4. The molecule has 0 spiro atoms. The van der Waals surface area contributed by atoms with Gasteiger partial charge in [0.05, 0.1) is 6.54 Å². The standard InChI is InChI=1S/C14H29N3O/c1-12-5-7-13(8-6-12)17(4)10-9-15-14(18)11-16(2)3/h12-13H,5-11H2,1-4H3,(H,15,18)/t12-,13-. The van der Waals surface area contributed by atoms with Crippen molar-refractivity contribution < 1.29 is 4.79 Å². The van der Waals surface area contributed by atoms with Gasteiger partial charge in [0.1, 0.15) is 0 Å². The maximum atomic E-state index is 11.5. The van der Waals surface area contributed by atoms with E-state index in [4.69, 9.17) is 0 Å². The van der Waals surface area contributed by atoms with Gasteiger partial charge >= 0.3 is 0 Å². The Kier molecular flexibility index (Phi) is 6.65. The molecule has 1 amide bonds. The molecule has 0 radical (unpaired) electrons. The number of nitrogens with zero attached hydrogens (tertiary/aromatic N) is 2. The van der Waals surface area contributed by atoms with Crippen molar-refractivity contribution in [3.05, 3.63) is 0 Å². The first-order valence-electron chi connectivity index (χ1n) is 7.10. The third-order valence-corrected chi connectivity index (χ3v) is 3.86. The van der Waals surface area contributed by atoms with Crippen LogP contribution >= 0.6 is 0 Å². The lowest BCUT2D eigenvalue weighted by molar-refractivity contribution is -0.121. The van der Waals surface area contributed by atoms with E-state index < -0.39 is 0 Å². The summed E-state index contributed by atoms with van der Waals surface area (Å²) in [6, 6.07) is 0.715. The fourth-order valence-electron chi connectivity index (χ4n) is 2.58. The van der Waals surface area contributed by atoms with Crippen LogP contribution in [0.3, 0.4) is 0 Å². The quantitative estimate of drug-likeness (QED) is 0.774. The number of amides is 1. The van der Waals surface area contributed by atoms with Crippen LogP contribution in [0.15, 0.2) is 0 Å². The van der Waals surface area contributed by atoms with Crippen molar-refractivity contribution >= 4 is 5.91 Å². The predicted octanol–water partition coefficient (Wildman–Crippen LogP) is 1.17. The highest BCUT2D eigenvalue weighted by Crippen LogP contribution is 2.26. The van der Waals surface area contributed by atoms with Crippen LogP contribution in [0, 0.1) is 5.92 Å². The molecule has 1 N–H and O–H groups in total. The van der Waals surface area contributed by atoms with Crippen molar-refractivity contribution in [2.45, 2.75) is 38.6 Å². The van der Waals surface area contributed by atoms with Gasteiger partial charge in [-0.2, -0.15) is 0 Å². The number of carbonyl (C=O) groups is 1. The summed E-state index contributed by atoms with van der Waals surface area (Å²) in [6.45, 7) is 4.54. The first-order chi connectivity index (χ1) is 8.49. The Morgan fingerprint density at radius 1 is 1.17 bits per heavy atom. The van der Waals surface area contributed by atoms with Crippen LogP contribution in [-0.4, -0.2) is 62.5 Å². The fourth-order valence-corrected chi connectivity index (χ4v) is 2.58. The van der Waals surface area contributed by atoms with Crippen LogP contribution in [0.2, 0.25) is 0 Å². The lowest BCUT2D eigenvalue weighted by Gasteiger charge is -2.33. The Morgan fingerprint density at radius 2 is 1.78 bits per heavy atom. The van der Waals surface area contributed by atoms with Crippen molar-refractivity contribution in [3.63, 3.8) is 0 Å². The van der Waals surface area contributed by atoms with Gasteiger partial charge in [-0.25, -0.2) is 0 Å². The maximum absolute atomic E-state index is 11.5. The molecule has 0 aromatic carbocycles. The molecule has 18 heavy (non-hydrogen) atoms. The van der Waals surface area contributed by atoms with E-state index >= 15 is 0 Å². The molecule has 1 rings (SSSR count). The van der Waals surface area contributed by atoms with Gasteiger partial charge < -0.3 is 15.1 Å². The van der Waals surface area contributed by atoms with E-state index in [2.05, 4.69) is 24.2 Å². The summed E-state index contributed by atoms with van der Waals surface area (Å²) in [5.74, 6) is 1.01. The molecule has 1 fully saturated rings. The highest BCUT2D eigenvalue weighted by molar-refractivity contribution is 5.77. The number of carbonyl (C=O) groups excluding carboxylic acids is 1. The topological polar surface area (TPSA) is 35.6 Å². The number of likely N-dealkylation sites (N-methyl/N-ethyl adjacent to an activating group) is 2. The van der Waals surface area contributed by atoms with Crippen molar-refractivity contribution in [3.8, 4) is 0 Å². The molecule has 4 nitrogen and oxygen atoms in total.